The van der Waals surface area contributed by atoms with Gasteiger partial charge in [-0.05, 0) is 31.5 Å². The molecule has 0 fully saturated rings. The van der Waals surface area contributed by atoms with E-state index in [9.17, 15) is 4.39 Å². The maximum absolute atomic E-state index is 13.6. The molecular formula is C13H16FN3. The van der Waals surface area contributed by atoms with Gasteiger partial charge in [0.25, 0.3) is 0 Å². The summed E-state index contributed by atoms with van der Waals surface area (Å²) in [6, 6.07) is 6.70. The van der Waals surface area contributed by atoms with Crippen LogP contribution in [0.1, 0.15) is 12.8 Å². The van der Waals surface area contributed by atoms with E-state index in [1.807, 2.05) is 16.8 Å². The lowest BCUT2D eigenvalue weighted by atomic mass is 10.2. The van der Waals surface area contributed by atoms with Gasteiger partial charge in [-0.1, -0.05) is 12.1 Å². The van der Waals surface area contributed by atoms with Crippen molar-refractivity contribution in [3.63, 3.8) is 0 Å². The minimum Gasteiger partial charge on any atom is -0.331 e. The first-order valence-corrected chi connectivity index (χ1v) is 5.79. The van der Waals surface area contributed by atoms with Gasteiger partial charge in [-0.25, -0.2) is 9.37 Å². The molecule has 2 aromatic rings. The highest BCUT2D eigenvalue weighted by Crippen LogP contribution is 2.20. The minimum atomic E-state index is -0.237. The fourth-order valence-electron chi connectivity index (χ4n) is 1.80. The summed E-state index contributed by atoms with van der Waals surface area (Å²) >= 11 is 0. The van der Waals surface area contributed by atoms with E-state index in [-0.39, 0.29) is 5.82 Å². The average Bonchev–Trinajstić information content (AvgIpc) is 2.78. The van der Waals surface area contributed by atoms with Crippen LogP contribution in [0.15, 0.2) is 36.7 Å². The predicted octanol–water partition coefficient (Wildman–Crippen LogP) is 2.43. The van der Waals surface area contributed by atoms with Gasteiger partial charge in [-0.15, -0.1) is 0 Å². The largest absolute Gasteiger partial charge is 0.331 e. The van der Waals surface area contributed by atoms with Crippen LogP contribution >= 0.6 is 0 Å². The van der Waals surface area contributed by atoms with Crippen molar-refractivity contribution < 1.29 is 4.39 Å². The second-order valence-electron chi connectivity index (χ2n) is 3.92. The van der Waals surface area contributed by atoms with Gasteiger partial charge in [0, 0.05) is 18.9 Å². The fraction of sp³-hybridized carbons (Fsp3) is 0.308. The van der Waals surface area contributed by atoms with Crippen LogP contribution in [0, 0.1) is 5.82 Å². The molecule has 2 rings (SSSR count). The van der Waals surface area contributed by atoms with Crippen LogP contribution in [0.25, 0.3) is 11.4 Å². The SMILES string of the molecule is NCCCCn1ccnc1-c1ccccc1F. The Labute approximate surface area is 100 Å². The summed E-state index contributed by atoms with van der Waals surface area (Å²) in [5, 5.41) is 0. The van der Waals surface area contributed by atoms with E-state index in [4.69, 9.17) is 5.73 Å². The summed E-state index contributed by atoms with van der Waals surface area (Å²) in [6.45, 7) is 1.50. The topological polar surface area (TPSA) is 43.8 Å². The predicted molar refractivity (Wildman–Crippen MR) is 65.9 cm³/mol. The van der Waals surface area contributed by atoms with E-state index in [0.29, 0.717) is 17.9 Å². The summed E-state index contributed by atoms with van der Waals surface area (Å²) in [5.74, 6) is 0.443. The lowest BCUT2D eigenvalue weighted by Gasteiger charge is -2.08. The molecule has 0 bridgehead atoms. The van der Waals surface area contributed by atoms with E-state index in [0.717, 1.165) is 19.4 Å². The third-order valence-corrected chi connectivity index (χ3v) is 2.68. The Hall–Kier alpha value is -1.68. The molecule has 0 aliphatic rings. The Bertz CT molecular complexity index is 479. The first-order valence-electron chi connectivity index (χ1n) is 5.79. The van der Waals surface area contributed by atoms with Crippen molar-refractivity contribution in [1.29, 1.82) is 0 Å². The Balaban J connectivity index is 2.22. The van der Waals surface area contributed by atoms with Crippen LogP contribution in [-0.4, -0.2) is 16.1 Å². The van der Waals surface area contributed by atoms with Crippen LogP contribution in [0.3, 0.4) is 0 Å². The summed E-state index contributed by atoms with van der Waals surface area (Å²) < 4.78 is 15.6. The second-order valence-corrected chi connectivity index (χ2v) is 3.92. The fourth-order valence-corrected chi connectivity index (χ4v) is 1.80. The van der Waals surface area contributed by atoms with Gasteiger partial charge in [0.15, 0.2) is 0 Å². The molecule has 0 spiro atoms. The van der Waals surface area contributed by atoms with Crippen molar-refractivity contribution in [2.45, 2.75) is 19.4 Å². The van der Waals surface area contributed by atoms with Gasteiger partial charge < -0.3 is 10.3 Å². The number of nitrogens with zero attached hydrogens (tertiary/aromatic N) is 2. The number of halogens is 1. The summed E-state index contributed by atoms with van der Waals surface area (Å²) in [6.07, 6.45) is 5.52. The quantitative estimate of drug-likeness (QED) is 0.806. The summed E-state index contributed by atoms with van der Waals surface area (Å²) in [7, 11) is 0. The zero-order valence-corrected chi connectivity index (χ0v) is 9.64. The second kappa shape index (κ2) is 5.59. The number of unbranched alkanes of at least 4 members (excludes halogenated alkanes) is 1. The molecule has 0 aliphatic carbocycles. The van der Waals surface area contributed by atoms with Crippen LogP contribution in [0.2, 0.25) is 0 Å². The molecule has 0 unspecified atom stereocenters. The van der Waals surface area contributed by atoms with Crippen LogP contribution < -0.4 is 5.73 Å². The number of benzene rings is 1. The van der Waals surface area contributed by atoms with Gasteiger partial charge in [-0.3, -0.25) is 0 Å². The molecule has 1 heterocycles. The molecule has 0 radical (unpaired) electrons. The highest BCUT2D eigenvalue weighted by atomic mass is 19.1. The van der Waals surface area contributed by atoms with E-state index >= 15 is 0 Å². The maximum Gasteiger partial charge on any atom is 0.142 e. The Morgan fingerprint density at radius 2 is 2.06 bits per heavy atom. The van der Waals surface area contributed by atoms with Crippen molar-refractivity contribution in [3.05, 3.63) is 42.5 Å². The van der Waals surface area contributed by atoms with E-state index in [1.165, 1.54) is 6.07 Å². The standard InChI is InChI=1S/C13H16FN3/c14-12-6-2-1-5-11(12)13-16-8-10-17(13)9-4-3-7-15/h1-2,5-6,8,10H,3-4,7,9,15H2. The molecule has 1 aromatic heterocycles. The zero-order valence-electron chi connectivity index (χ0n) is 9.64. The number of aromatic nitrogens is 2. The van der Waals surface area contributed by atoms with Crippen molar-refractivity contribution in [2.75, 3.05) is 6.54 Å². The average molecular weight is 233 g/mol. The van der Waals surface area contributed by atoms with E-state index in [1.54, 1.807) is 18.3 Å². The molecule has 0 saturated heterocycles. The number of hydrogen-bond donors (Lipinski definition) is 1. The number of rotatable bonds is 5. The number of hydrogen-bond acceptors (Lipinski definition) is 2. The third-order valence-electron chi connectivity index (χ3n) is 2.68. The van der Waals surface area contributed by atoms with Gasteiger partial charge >= 0.3 is 0 Å². The van der Waals surface area contributed by atoms with Crippen molar-refractivity contribution in [3.8, 4) is 11.4 Å². The van der Waals surface area contributed by atoms with Gasteiger partial charge in [0.05, 0.1) is 5.56 Å². The van der Waals surface area contributed by atoms with Crippen molar-refractivity contribution in [1.82, 2.24) is 9.55 Å². The molecular weight excluding hydrogens is 217 g/mol. The summed E-state index contributed by atoms with van der Waals surface area (Å²) in [4.78, 5) is 4.22. The molecule has 17 heavy (non-hydrogen) atoms. The highest BCUT2D eigenvalue weighted by molar-refractivity contribution is 5.56. The first kappa shape index (κ1) is 11.8. The Morgan fingerprint density at radius 1 is 1.24 bits per heavy atom. The van der Waals surface area contributed by atoms with Crippen LogP contribution in [0.5, 0.6) is 0 Å². The highest BCUT2D eigenvalue weighted by Gasteiger charge is 2.09. The molecule has 4 heteroatoms. The van der Waals surface area contributed by atoms with Crippen LogP contribution in [-0.2, 0) is 6.54 Å². The number of imidazole rings is 1. The van der Waals surface area contributed by atoms with Gasteiger partial charge in [-0.2, -0.15) is 0 Å². The van der Waals surface area contributed by atoms with E-state index < -0.39 is 0 Å². The molecule has 90 valence electrons. The van der Waals surface area contributed by atoms with Crippen molar-refractivity contribution in [2.24, 2.45) is 5.73 Å². The first-order chi connectivity index (χ1) is 8.33. The smallest absolute Gasteiger partial charge is 0.142 e. The monoisotopic (exact) mass is 233 g/mol. The molecule has 0 saturated carbocycles. The molecule has 1 aromatic carbocycles. The third kappa shape index (κ3) is 2.71. The van der Waals surface area contributed by atoms with Crippen molar-refractivity contribution >= 4 is 0 Å². The zero-order chi connectivity index (χ0) is 12.1. The molecule has 3 nitrogen and oxygen atoms in total. The minimum absolute atomic E-state index is 0.237. The van der Waals surface area contributed by atoms with Gasteiger partial charge in [0.1, 0.15) is 11.6 Å². The molecule has 0 aliphatic heterocycles. The van der Waals surface area contributed by atoms with Gasteiger partial charge in [0.2, 0.25) is 0 Å². The maximum atomic E-state index is 13.6. The molecule has 0 amide bonds. The molecule has 0 atom stereocenters. The normalized spacial score (nSPS) is 10.7. The lowest BCUT2D eigenvalue weighted by molar-refractivity contribution is 0.607. The number of nitrogens with two attached hydrogens (primary N) is 1. The van der Waals surface area contributed by atoms with Crippen LogP contribution in [0.4, 0.5) is 4.39 Å². The number of aryl methyl sites for hydroxylation is 1. The molecule has 2 N–H and O–H groups in total. The van der Waals surface area contributed by atoms with E-state index in [2.05, 4.69) is 4.98 Å². The Kier molecular flexibility index (Phi) is 3.88. The lowest BCUT2D eigenvalue weighted by Crippen LogP contribution is -2.04. The summed E-state index contributed by atoms with van der Waals surface area (Å²) in [5.41, 5.74) is 6.00. The Morgan fingerprint density at radius 3 is 2.82 bits per heavy atom.